The van der Waals surface area contributed by atoms with Gasteiger partial charge in [0.1, 0.15) is 0 Å². The van der Waals surface area contributed by atoms with E-state index in [4.69, 9.17) is 5.73 Å². The molecule has 1 aliphatic carbocycles. The van der Waals surface area contributed by atoms with Crippen molar-refractivity contribution in [1.29, 1.82) is 0 Å². The van der Waals surface area contributed by atoms with Gasteiger partial charge in [-0.1, -0.05) is 24.0 Å². The standard InChI is InChI=1S/C13H17N3O2S/c14-8-2-5-11-3-1-4-12(9-11)10-15-19(17,18)16-13-6-7-13/h1,3-4,9,13,15-16H,6-8,10,14H2. The lowest BCUT2D eigenvalue weighted by Gasteiger charge is -2.07. The molecule has 0 unspecified atom stereocenters. The SMILES string of the molecule is NCC#Cc1cccc(CNS(=O)(=O)NC2CC2)c1. The molecule has 0 spiro atoms. The second-order valence-corrected chi connectivity index (χ2v) is 5.95. The molecule has 0 bridgehead atoms. The van der Waals surface area contributed by atoms with Crippen LogP contribution in [0.2, 0.25) is 0 Å². The molecule has 0 saturated heterocycles. The molecule has 0 amide bonds. The highest BCUT2D eigenvalue weighted by molar-refractivity contribution is 7.87. The minimum absolute atomic E-state index is 0.110. The number of hydrogen-bond acceptors (Lipinski definition) is 3. The molecule has 0 atom stereocenters. The van der Waals surface area contributed by atoms with Crippen molar-refractivity contribution in [1.82, 2.24) is 9.44 Å². The van der Waals surface area contributed by atoms with Gasteiger partial charge in [0.2, 0.25) is 0 Å². The van der Waals surface area contributed by atoms with Crippen molar-refractivity contribution in [2.45, 2.75) is 25.4 Å². The van der Waals surface area contributed by atoms with Crippen LogP contribution in [0.5, 0.6) is 0 Å². The summed E-state index contributed by atoms with van der Waals surface area (Å²) < 4.78 is 28.4. The van der Waals surface area contributed by atoms with Gasteiger partial charge in [0.25, 0.3) is 10.2 Å². The fraction of sp³-hybridized carbons (Fsp3) is 0.385. The van der Waals surface area contributed by atoms with Gasteiger partial charge in [0, 0.05) is 18.2 Å². The molecule has 1 fully saturated rings. The minimum atomic E-state index is -3.40. The van der Waals surface area contributed by atoms with Gasteiger partial charge < -0.3 is 5.73 Å². The van der Waals surface area contributed by atoms with Crippen LogP contribution >= 0.6 is 0 Å². The fourth-order valence-electron chi connectivity index (χ4n) is 1.55. The van der Waals surface area contributed by atoms with Crippen LogP contribution in [0.1, 0.15) is 24.0 Å². The number of nitrogens with one attached hydrogen (secondary N) is 2. The third-order valence-electron chi connectivity index (χ3n) is 2.63. The molecule has 1 saturated carbocycles. The maximum absolute atomic E-state index is 11.6. The zero-order valence-corrected chi connectivity index (χ0v) is 11.3. The molecule has 19 heavy (non-hydrogen) atoms. The molecule has 0 aromatic heterocycles. The Balaban J connectivity index is 1.95. The second kappa shape index (κ2) is 6.17. The molecule has 1 aromatic rings. The van der Waals surface area contributed by atoms with Gasteiger partial charge in [-0.15, -0.1) is 0 Å². The lowest BCUT2D eigenvalue weighted by molar-refractivity contribution is 0.565. The highest BCUT2D eigenvalue weighted by atomic mass is 32.2. The van der Waals surface area contributed by atoms with Crippen LogP contribution in [-0.4, -0.2) is 21.0 Å². The van der Waals surface area contributed by atoms with E-state index in [2.05, 4.69) is 21.3 Å². The van der Waals surface area contributed by atoms with E-state index >= 15 is 0 Å². The third kappa shape index (κ3) is 5.01. The summed E-state index contributed by atoms with van der Waals surface area (Å²) in [5.41, 5.74) is 7.01. The molecule has 0 aliphatic heterocycles. The van der Waals surface area contributed by atoms with Crippen LogP contribution < -0.4 is 15.2 Å². The van der Waals surface area contributed by atoms with Crippen LogP contribution in [0.25, 0.3) is 0 Å². The average molecular weight is 279 g/mol. The molecular weight excluding hydrogens is 262 g/mol. The van der Waals surface area contributed by atoms with Crippen molar-refractivity contribution < 1.29 is 8.42 Å². The van der Waals surface area contributed by atoms with Crippen molar-refractivity contribution in [3.8, 4) is 11.8 Å². The molecule has 5 nitrogen and oxygen atoms in total. The van der Waals surface area contributed by atoms with E-state index in [1.54, 1.807) is 0 Å². The number of rotatable bonds is 5. The van der Waals surface area contributed by atoms with E-state index in [9.17, 15) is 8.42 Å². The molecule has 1 aliphatic rings. The Hall–Kier alpha value is -1.39. The fourth-order valence-corrected chi connectivity index (χ4v) is 2.67. The summed E-state index contributed by atoms with van der Waals surface area (Å²) in [6, 6.07) is 7.52. The van der Waals surface area contributed by atoms with Gasteiger partial charge in [-0.3, -0.25) is 0 Å². The third-order valence-corrected chi connectivity index (χ3v) is 3.80. The first kappa shape index (κ1) is 14.0. The molecule has 2 rings (SSSR count). The zero-order valence-electron chi connectivity index (χ0n) is 10.5. The summed E-state index contributed by atoms with van der Waals surface area (Å²) in [5.74, 6) is 5.68. The Bertz CT molecular complexity index is 598. The summed E-state index contributed by atoms with van der Waals surface area (Å²) in [6.45, 7) is 0.558. The Morgan fingerprint density at radius 1 is 1.37 bits per heavy atom. The van der Waals surface area contributed by atoms with Crippen molar-refractivity contribution in [2.24, 2.45) is 5.73 Å². The molecule has 6 heteroatoms. The topological polar surface area (TPSA) is 84.2 Å². The van der Waals surface area contributed by atoms with Crippen molar-refractivity contribution in [2.75, 3.05) is 6.54 Å². The molecule has 0 radical (unpaired) electrons. The van der Waals surface area contributed by atoms with Crippen LogP contribution in [0, 0.1) is 11.8 Å². The maximum Gasteiger partial charge on any atom is 0.277 e. The second-order valence-electron chi connectivity index (χ2n) is 4.42. The first-order valence-electron chi connectivity index (χ1n) is 6.14. The summed E-state index contributed by atoms with van der Waals surface area (Å²) in [6.07, 6.45) is 1.84. The van der Waals surface area contributed by atoms with Gasteiger partial charge in [0.05, 0.1) is 6.54 Å². The van der Waals surface area contributed by atoms with E-state index in [-0.39, 0.29) is 12.6 Å². The summed E-state index contributed by atoms with van der Waals surface area (Å²) in [4.78, 5) is 0. The van der Waals surface area contributed by atoms with Gasteiger partial charge in [-0.2, -0.15) is 17.9 Å². The van der Waals surface area contributed by atoms with Crippen molar-refractivity contribution in [3.05, 3.63) is 35.4 Å². The lowest BCUT2D eigenvalue weighted by atomic mass is 10.1. The van der Waals surface area contributed by atoms with Crippen molar-refractivity contribution in [3.63, 3.8) is 0 Å². The molecule has 4 N–H and O–H groups in total. The number of nitrogens with two attached hydrogens (primary N) is 1. The van der Waals surface area contributed by atoms with E-state index in [0.29, 0.717) is 6.54 Å². The monoisotopic (exact) mass is 279 g/mol. The Labute approximate surface area is 113 Å². The Morgan fingerprint density at radius 3 is 2.84 bits per heavy atom. The van der Waals surface area contributed by atoms with Crippen LogP contribution in [0.4, 0.5) is 0 Å². The predicted octanol–water partition coefficient (Wildman–Crippen LogP) is 0.0832. The minimum Gasteiger partial charge on any atom is -0.320 e. The van der Waals surface area contributed by atoms with E-state index < -0.39 is 10.2 Å². The number of benzene rings is 1. The molecule has 0 heterocycles. The summed E-state index contributed by atoms with van der Waals surface area (Å²) >= 11 is 0. The molecule has 1 aromatic carbocycles. The smallest absolute Gasteiger partial charge is 0.277 e. The average Bonchev–Trinajstić information content (AvgIpc) is 3.18. The molecular formula is C13H17N3O2S. The number of hydrogen-bond donors (Lipinski definition) is 3. The first-order valence-corrected chi connectivity index (χ1v) is 7.62. The molecule has 102 valence electrons. The van der Waals surface area contributed by atoms with Crippen LogP contribution in [0.3, 0.4) is 0 Å². The quantitative estimate of drug-likeness (QED) is 0.668. The van der Waals surface area contributed by atoms with E-state index in [0.717, 1.165) is 24.0 Å². The Morgan fingerprint density at radius 2 is 2.16 bits per heavy atom. The summed E-state index contributed by atoms with van der Waals surface area (Å²) in [7, 11) is -3.40. The normalized spacial score (nSPS) is 14.8. The highest BCUT2D eigenvalue weighted by Crippen LogP contribution is 2.19. The Kier molecular flexibility index (Phi) is 4.56. The van der Waals surface area contributed by atoms with E-state index in [1.165, 1.54) is 0 Å². The van der Waals surface area contributed by atoms with Crippen LogP contribution in [-0.2, 0) is 16.8 Å². The van der Waals surface area contributed by atoms with Gasteiger partial charge in [0.15, 0.2) is 0 Å². The summed E-state index contributed by atoms with van der Waals surface area (Å²) in [5, 5.41) is 0. The zero-order chi connectivity index (χ0) is 13.7. The van der Waals surface area contributed by atoms with Gasteiger partial charge in [-0.25, -0.2) is 0 Å². The van der Waals surface area contributed by atoms with Crippen molar-refractivity contribution >= 4 is 10.2 Å². The first-order chi connectivity index (χ1) is 9.09. The van der Waals surface area contributed by atoms with Gasteiger partial charge >= 0.3 is 0 Å². The predicted molar refractivity (Wildman–Crippen MR) is 74.3 cm³/mol. The largest absolute Gasteiger partial charge is 0.320 e. The lowest BCUT2D eigenvalue weighted by Crippen LogP contribution is -2.37. The van der Waals surface area contributed by atoms with Crippen LogP contribution in [0.15, 0.2) is 24.3 Å². The van der Waals surface area contributed by atoms with Gasteiger partial charge in [-0.05, 0) is 30.5 Å². The highest BCUT2D eigenvalue weighted by Gasteiger charge is 2.26. The maximum atomic E-state index is 11.6. The van der Waals surface area contributed by atoms with E-state index in [1.807, 2.05) is 24.3 Å².